The number of amides is 1. The number of rotatable bonds is 11. The number of halogens is 1. The molecule has 3 heterocycles. The van der Waals surface area contributed by atoms with Gasteiger partial charge >= 0.3 is 11.9 Å². The highest BCUT2D eigenvalue weighted by atomic mass is 32.1. The number of hydrazine groups is 2. The summed E-state index contributed by atoms with van der Waals surface area (Å²) in [5, 5.41) is 2.38. The highest BCUT2D eigenvalue weighted by molar-refractivity contribution is 7.18. The van der Waals surface area contributed by atoms with Crippen LogP contribution >= 0.6 is 11.3 Å². The third kappa shape index (κ3) is 10.3. The maximum atomic E-state index is 13.8. The Labute approximate surface area is 315 Å². The lowest BCUT2D eigenvalue weighted by atomic mass is 9.93. The minimum absolute atomic E-state index is 0.191. The highest BCUT2D eigenvalue weighted by Gasteiger charge is 2.47. The van der Waals surface area contributed by atoms with E-state index in [0.29, 0.717) is 11.3 Å². The van der Waals surface area contributed by atoms with Crippen molar-refractivity contribution in [2.45, 2.75) is 63.9 Å². The molecule has 5 unspecified atom stereocenters. The van der Waals surface area contributed by atoms with E-state index in [2.05, 4.69) is 25.3 Å². The number of esters is 2. The zero-order valence-corrected chi connectivity index (χ0v) is 30.8. The highest BCUT2D eigenvalue weighted by Crippen LogP contribution is 2.36. The number of hydrogen-bond donors (Lipinski definition) is 5. The van der Waals surface area contributed by atoms with Crippen LogP contribution in [0.15, 0.2) is 79.0 Å². The minimum atomic E-state index is -1.31. The second-order valence-corrected chi connectivity index (χ2v) is 13.4. The van der Waals surface area contributed by atoms with Crippen LogP contribution in [0.3, 0.4) is 0 Å². The number of nitrogens with one attached hydrogen (secondary N) is 2. The number of carbonyl (C=O) groups excluding carboxylic acids is 3. The Morgan fingerprint density at radius 1 is 1.04 bits per heavy atom. The fourth-order valence-corrected chi connectivity index (χ4v) is 6.62. The van der Waals surface area contributed by atoms with Gasteiger partial charge in [-0.05, 0) is 51.1 Å². The van der Waals surface area contributed by atoms with Crippen LogP contribution in [0.4, 0.5) is 10.1 Å². The fourth-order valence-electron chi connectivity index (χ4n) is 5.76. The van der Waals surface area contributed by atoms with Crippen LogP contribution in [0.2, 0.25) is 0 Å². The SMILES string of the molecule is CCOC(=O)C(N)C(=O)OCC.Cc1nc2ccc(NNC(=O)C3CC(N(N)/C=C(\N)c4cccc(F)c4)C4OC(c5ccccc5)OCC4O3)cc2s1. The summed E-state index contributed by atoms with van der Waals surface area (Å²) >= 11 is 1.57. The molecule has 4 aromatic rings. The van der Waals surface area contributed by atoms with Crippen molar-refractivity contribution in [1.29, 1.82) is 0 Å². The number of thiazole rings is 1. The van der Waals surface area contributed by atoms with Gasteiger partial charge in [-0.25, -0.2) is 24.8 Å². The van der Waals surface area contributed by atoms with Crippen LogP contribution in [0.5, 0.6) is 0 Å². The first-order valence-electron chi connectivity index (χ1n) is 17.2. The summed E-state index contributed by atoms with van der Waals surface area (Å²) in [4.78, 5) is 39.4. The molecule has 2 aliphatic heterocycles. The predicted octanol–water partition coefficient (Wildman–Crippen LogP) is 3.40. The van der Waals surface area contributed by atoms with Crippen molar-refractivity contribution < 1.29 is 42.5 Å². The molecule has 288 valence electrons. The number of ether oxygens (including phenoxy) is 5. The molecule has 3 aromatic carbocycles. The van der Waals surface area contributed by atoms with Crippen molar-refractivity contribution in [3.8, 4) is 0 Å². The molecule has 5 atom stereocenters. The number of carbonyl (C=O) groups is 3. The van der Waals surface area contributed by atoms with Crippen molar-refractivity contribution in [2.24, 2.45) is 17.3 Å². The number of fused-ring (bicyclic) bond motifs is 2. The van der Waals surface area contributed by atoms with Gasteiger partial charge in [0.15, 0.2) is 6.29 Å². The van der Waals surface area contributed by atoms with Gasteiger partial charge in [0.05, 0.1) is 52.5 Å². The molecular formula is C37H44FN7O8S. The first-order chi connectivity index (χ1) is 26.0. The lowest BCUT2D eigenvalue weighted by Gasteiger charge is -2.47. The van der Waals surface area contributed by atoms with Gasteiger partial charge in [-0.2, -0.15) is 0 Å². The van der Waals surface area contributed by atoms with E-state index < -0.39 is 54.4 Å². The largest absolute Gasteiger partial charge is 0.464 e. The van der Waals surface area contributed by atoms with Gasteiger partial charge in [0.25, 0.3) is 5.91 Å². The summed E-state index contributed by atoms with van der Waals surface area (Å²) in [6, 6.07) is 19.3. The molecule has 0 bridgehead atoms. The molecule has 2 aliphatic rings. The maximum Gasteiger partial charge on any atom is 0.334 e. The van der Waals surface area contributed by atoms with E-state index in [1.807, 2.05) is 55.5 Å². The Morgan fingerprint density at radius 2 is 1.76 bits per heavy atom. The van der Waals surface area contributed by atoms with E-state index in [0.717, 1.165) is 20.8 Å². The van der Waals surface area contributed by atoms with Crippen LogP contribution in [-0.2, 0) is 38.1 Å². The lowest BCUT2D eigenvalue weighted by Crippen LogP contribution is -2.62. The fraction of sp³-hybridized carbons (Fsp3) is 0.351. The average molecular weight is 766 g/mol. The number of anilines is 1. The monoisotopic (exact) mass is 765 g/mol. The van der Waals surface area contributed by atoms with Crippen LogP contribution in [0, 0.1) is 12.7 Å². The van der Waals surface area contributed by atoms with Gasteiger partial charge in [-0.1, -0.05) is 42.5 Å². The van der Waals surface area contributed by atoms with E-state index in [-0.39, 0.29) is 37.8 Å². The standard InChI is InChI=1S/C30H31FN6O4S.C7H13NO4/c1-17-34-23-11-10-21(13-27(23)42-17)35-36-29(38)25-14-24(37(33)15-22(32)19-8-5-9-20(31)12-19)28-26(40-25)16-39-30(41-28)18-6-3-2-4-7-18;1-3-11-6(9)5(8)7(10)12-4-2/h2-13,15,24-26,28,30,35H,14,16,32-33H2,1H3,(H,36,38);5H,3-4,8H2,1-2H3/b22-15-;. The number of hydrogen-bond acceptors (Lipinski definition) is 15. The Hall–Kier alpha value is -5.17. The second-order valence-electron chi connectivity index (χ2n) is 12.2. The van der Waals surface area contributed by atoms with Crippen molar-refractivity contribution in [1.82, 2.24) is 15.4 Å². The normalized spacial score (nSPS) is 20.9. The molecule has 8 N–H and O–H groups in total. The molecule has 6 rings (SSSR count). The average Bonchev–Trinajstić information content (AvgIpc) is 3.56. The number of aryl methyl sites for hydroxylation is 1. The molecule has 1 amide bonds. The van der Waals surface area contributed by atoms with E-state index in [1.54, 1.807) is 37.3 Å². The zero-order valence-electron chi connectivity index (χ0n) is 30.0. The Kier molecular flexibility index (Phi) is 13.9. The van der Waals surface area contributed by atoms with Crippen molar-refractivity contribution in [3.63, 3.8) is 0 Å². The van der Waals surface area contributed by atoms with Crippen LogP contribution in [-0.4, -0.2) is 78.1 Å². The molecule has 0 aliphatic carbocycles. The summed E-state index contributed by atoms with van der Waals surface area (Å²) < 4.78 is 42.4. The van der Waals surface area contributed by atoms with Crippen LogP contribution in [0.25, 0.3) is 15.9 Å². The molecule has 15 nitrogen and oxygen atoms in total. The van der Waals surface area contributed by atoms with Gasteiger partial charge in [0.2, 0.25) is 6.04 Å². The van der Waals surface area contributed by atoms with Crippen molar-refractivity contribution >= 4 is 50.8 Å². The van der Waals surface area contributed by atoms with Gasteiger partial charge < -0.3 is 40.2 Å². The topological polar surface area (TPSA) is 216 Å². The Morgan fingerprint density at radius 3 is 2.44 bits per heavy atom. The molecule has 54 heavy (non-hydrogen) atoms. The summed E-state index contributed by atoms with van der Waals surface area (Å²) in [7, 11) is 0. The quantitative estimate of drug-likeness (QED) is 0.0641. The van der Waals surface area contributed by atoms with Gasteiger partial charge in [-0.3, -0.25) is 15.6 Å². The molecule has 0 spiro atoms. The summed E-state index contributed by atoms with van der Waals surface area (Å²) in [5.74, 6) is 4.26. The van der Waals surface area contributed by atoms with E-state index in [9.17, 15) is 18.8 Å². The van der Waals surface area contributed by atoms with Gasteiger partial charge in [-0.15, -0.1) is 11.3 Å². The molecule has 0 saturated carbocycles. The van der Waals surface area contributed by atoms with Crippen molar-refractivity contribution in [3.05, 3.63) is 101 Å². The zero-order chi connectivity index (χ0) is 38.8. The molecule has 0 radical (unpaired) electrons. The second kappa shape index (κ2) is 18.7. The molecule has 2 saturated heterocycles. The minimum Gasteiger partial charge on any atom is -0.464 e. The first kappa shape index (κ1) is 40.0. The summed E-state index contributed by atoms with van der Waals surface area (Å²) in [5.41, 5.74) is 20.4. The molecule has 2 fully saturated rings. The number of nitrogens with zero attached hydrogens (tertiary/aromatic N) is 2. The third-order valence-corrected chi connectivity index (χ3v) is 9.27. The first-order valence-corrected chi connectivity index (χ1v) is 18.0. The Bertz CT molecular complexity index is 1910. The molecule has 1 aromatic heterocycles. The van der Waals surface area contributed by atoms with E-state index >= 15 is 0 Å². The van der Waals surface area contributed by atoms with Crippen LogP contribution < -0.4 is 28.2 Å². The Balaban J connectivity index is 0.000000404. The predicted molar refractivity (Wildman–Crippen MR) is 199 cm³/mol. The van der Waals surface area contributed by atoms with E-state index in [1.165, 1.54) is 23.3 Å². The maximum absolute atomic E-state index is 13.8. The summed E-state index contributed by atoms with van der Waals surface area (Å²) in [6.07, 6.45) is -0.891. The number of aromatic nitrogens is 1. The number of benzene rings is 3. The van der Waals surface area contributed by atoms with E-state index in [4.69, 9.17) is 31.5 Å². The lowest BCUT2D eigenvalue weighted by molar-refractivity contribution is -0.298. The summed E-state index contributed by atoms with van der Waals surface area (Å²) in [6.45, 7) is 5.81. The van der Waals surface area contributed by atoms with Crippen molar-refractivity contribution in [2.75, 3.05) is 25.2 Å². The third-order valence-electron chi connectivity index (χ3n) is 8.33. The van der Waals surface area contributed by atoms with Gasteiger partial charge in [0, 0.05) is 23.7 Å². The molecular weight excluding hydrogens is 722 g/mol. The smallest absolute Gasteiger partial charge is 0.334 e. The van der Waals surface area contributed by atoms with Gasteiger partial charge in [0.1, 0.15) is 24.1 Å². The molecule has 17 heteroatoms. The number of nitrogens with two attached hydrogens (primary N) is 3. The van der Waals surface area contributed by atoms with Crippen LogP contribution in [0.1, 0.15) is 42.7 Å².